The molecule has 2 aromatic rings. The second kappa shape index (κ2) is 5.80. The lowest BCUT2D eigenvalue weighted by Crippen LogP contribution is -2.33. The molecule has 2 heterocycles. The number of nitriles is 1. The molecule has 1 aromatic carbocycles. The van der Waals surface area contributed by atoms with Gasteiger partial charge in [0, 0.05) is 18.5 Å². The number of carbonyl (C=O) groups excluding carboxylic acids is 1. The average molecular weight is 280 g/mol. The van der Waals surface area contributed by atoms with Crippen molar-refractivity contribution in [2.24, 2.45) is 0 Å². The SMILES string of the molecule is N#Cc1cc(NCC(=O)N2CCCC2)nc2ccccc12. The number of nitrogens with zero attached hydrogens (tertiary/aromatic N) is 3. The molecule has 0 radical (unpaired) electrons. The van der Waals surface area contributed by atoms with Gasteiger partial charge in [-0.2, -0.15) is 5.26 Å². The molecule has 5 nitrogen and oxygen atoms in total. The first-order valence-electron chi connectivity index (χ1n) is 7.09. The number of pyridine rings is 1. The fourth-order valence-electron chi connectivity index (χ4n) is 2.60. The van der Waals surface area contributed by atoms with Crippen LogP contribution in [-0.4, -0.2) is 35.4 Å². The molecule has 1 aliphatic rings. The van der Waals surface area contributed by atoms with Crippen molar-refractivity contribution in [1.82, 2.24) is 9.88 Å². The van der Waals surface area contributed by atoms with Crippen LogP contribution in [0, 0.1) is 11.3 Å². The summed E-state index contributed by atoms with van der Waals surface area (Å²) in [6, 6.07) is 11.4. The molecule has 3 rings (SSSR count). The van der Waals surface area contributed by atoms with E-state index in [1.807, 2.05) is 29.2 Å². The molecule has 1 fully saturated rings. The van der Waals surface area contributed by atoms with Crippen molar-refractivity contribution in [2.75, 3.05) is 25.0 Å². The van der Waals surface area contributed by atoms with Crippen LogP contribution in [0.3, 0.4) is 0 Å². The van der Waals surface area contributed by atoms with Gasteiger partial charge in [-0.25, -0.2) is 4.98 Å². The van der Waals surface area contributed by atoms with Gasteiger partial charge in [0.15, 0.2) is 0 Å². The molecule has 0 bridgehead atoms. The second-order valence-electron chi connectivity index (χ2n) is 5.13. The molecule has 0 unspecified atom stereocenters. The van der Waals surface area contributed by atoms with Gasteiger partial charge in [-0.1, -0.05) is 18.2 Å². The molecule has 1 aliphatic heterocycles. The van der Waals surface area contributed by atoms with E-state index in [9.17, 15) is 10.1 Å². The zero-order valence-corrected chi connectivity index (χ0v) is 11.7. The molecule has 1 saturated heterocycles. The molecule has 0 aliphatic carbocycles. The first kappa shape index (κ1) is 13.4. The van der Waals surface area contributed by atoms with Crippen LogP contribution in [0.4, 0.5) is 5.82 Å². The molecule has 21 heavy (non-hydrogen) atoms. The van der Waals surface area contributed by atoms with E-state index in [1.165, 1.54) is 0 Å². The molecule has 1 aromatic heterocycles. The van der Waals surface area contributed by atoms with Gasteiger partial charge in [0.2, 0.25) is 5.91 Å². The minimum atomic E-state index is 0.0842. The van der Waals surface area contributed by atoms with E-state index in [4.69, 9.17) is 0 Å². The minimum absolute atomic E-state index is 0.0842. The summed E-state index contributed by atoms with van der Waals surface area (Å²) in [6.45, 7) is 1.90. The number of aromatic nitrogens is 1. The number of hydrogen-bond donors (Lipinski definition) is 1. The monoisotopic (exact) mass is 280 g/mol. The van der Waals surface area contributed by atoms with Gasteiger partial charge in [0.25, 0.3) is 0 Å². The number of hydrogen-bond acceptors (Lipinski definition) is 4. The second-order valence-corrected chi connectivity index (χ2v) is 5.13. The van der Waals surface area contributed by atoms with Gasteiger partial charge >= 0.3 is 0 Å². The summed E-state index contributed by atoms with van der Waals surface area (Å²) in [5.74, 6) is 0.652. The highest BCUT2D eigenvalue weighted by molar-refractivity contribution is 5.87. The number of benzene rings is 1. The van der Waals surface area contributed by atoms with Gasteiger partial charge in [-0.05, 0) is 25.0 Å². The highest BCUT2D eigenvalue weighted by Crippen LogP contribution is 2.20. The van der Waals surface area contributed by atoms with Gasteiger partial charge < -0.3 is 10.2 Å². The Morgan fingerprint density at radius 2 is 2.10 bits per heavy atom. The first-order chi connectivity index (χ1) is 10.3. The van der Waals surface area contributed by atoms with E-state index in [-0.39, 0.29) is 12.5 Å². The maximum Gasteiger partial charge on any atom is 0.241 e. The Kier molecular flexibility index (Phi) is 3.69. The predicted octanol–water partition coefficient (Wildman–Crippen LogP) is 2.14. The Morgan fingerprint density at radius 1 is 1.33 bits per heavy atom. The topological polar surface area (TPSA) is 69.0 Å². The number of para-hydroxylation sites is 1. The van der Waals surface area contributed by atoms with Gasteiger partial charge in [-0.3, -0.25) is 4.79 Å². The lowest BCUT2D eigenvalue weighted by atomic mass is 10.1. The normalized spacial score (nSPS) is 14.1. The Hall–Kier alpha value is -2.61. The minimum Gasteiger partial charge on any atom is -0.361 e. The Balaban J connectivity index is 1.78. The summed E-state index contributed by atoms with van der Waals surface area (Å²) in [6.07, 6.45) is 2.16. The first-order valence-corrected chi connectivity index (χ1v) is 7.09. The molecule has 1 N–H and O–H groups in total. The van der Waals surface area contributed by atoms with Crippen LogP contribution in [0.15, 0.2) is 30.3 Å². The molecule has 0 spiro atoms. The number of anilines is 1. The van der Waals surface area contributed by atoms with Crippen molar-refractivity contribution in [3.8, 4) is 6.07 Å². The van der Waals surface area contributed by atoms with Crippen LogP contribution in [-0.2, 0) is 4.79 Å². The number of carbonyl (C=O) groups is 1. The van der Waals surface area contributed by atoms with Crippen molar-refractivity contribution in [1.29, 1.82) is 5.26 Å². The summed E-state index contributed by atoms with van der Waals surface area (Å²) in [5.41, 5.74) is 1.32. The standard InChI is InChI=1S/C16H16N4O/c17-10-12-9-15(19-14-6-2-1-5-13(12)14)18-11-16(21)20-7-3-4-8-20/h1-2,5-6,9H,3-4,7-8,11H2,(H,18,19). The predicted molar refractivity (Wildman–Crippen MR) is 80.8 cm³/mol. The largest absolute Gasteiger partial charge is 0.361 e. The van der Waals surface area contributed by atoms with Gasteiger partial charge in [0.05, 0.1) is 23.7 Å². The van der Waals surface area contributed by atoms with Crippen molar-refractivity contribution in [3.05, 3.63) is 35.9 Å². The summed E-state index contributed by atoms with van der Waals surface area (Å²) >= 11 is 0. The number of likely N-dealkylation sites (tertiary alicyclic amines) is 1. The highest BCUT2D eigenvalue weighted by atomic mass is 16.2. The smallest absolute Gasteiger partial charge is 0.241 e. The maximum absolute atomic E-state index is 12.0. The highest BCUT2D eigenvalue weighted by Gasteiger charge is 2.17. The third-order valence-electron chi connectivity index (χ3n) is 3.72. The number of fused-ring (bicyclic) bond motifs is 1. The summed E-state index contributed by atoms with van der Waals surface area (Å²) < 4.78 is 0. The molecular formula is C16H16N4O. The Morgan fingerprint density at radius 3 is 2.86 bits per heavy atom. The van der Waals surface area contributed by atoms with E-state index >= 15 is 0 Å². The average Bonchev–Trinajstić information content (AvgIpc) is 3.06. The van der Waals surface area contributed by atoms with Crippen LogP contribution in [0.1, 0.15) is 18.4 Å². The Bertz CT molecular complexity index is 714. The zero-order chi connectivity index (χ0) is 14.7. The summed E-state index contributed by atoms with van der Waals surface area (Å²) in [4.78, 5) is 18.3. The molecule has 0 atom stereocenters. The number of nitrogens with one attached hydrogen (secondary N) is 1. The van der Waals surface area contributed by atoms with Crippen LogP contribution < -0.4 is 5.32 Å². The van der Waals surface area contributed by atoms with E-state index < -0.39 is 0 Å². The van der Waals surface area contributed by atoms with Crippen LogP contribution >= 0.6 is 0 Å². The van der Waals surface area contributed by atoms with Crippen LogP contribution in [0.2, 0.25) is 0 Å². The van der Waals surface area contributed by atoms with E-state index in [0.717, 1.165) is 36.8 Å². The van der Waals surface area contributed by atoms with E-state index in [2.05, 4.69) is 16.4 Å². The quantitative estimate of drug-likeness (QED) is 0.935. The number of amides is 1. The fourth-order valence-corrected chi connectivity index (χ4v) is 2.60. The molecule has 1 amide bonds. The maximum atomic E-state index is 12.0. The van der Waals surface area contributed by atoms with Gasteiger partial charge in [0.1, 0.15) is 5.82 Å². The Labute approximate surface area is 123 Å². The third-order valence-corrected chi connectivity index (χ3v) is 3.72. The zero-order valence-electron chi connectivity index (χ0n) is 11.7. The van der Waals surface area contributed by atoms with Crippen molar-refractivity contribution in [3.63, 3.8) is 0 Å². The van der Waals surface area contributed by atoms with E-state index in [0.29, 0.717) is 11.4 Å². The van der Waals surface area contributed by atoms with Crippen molar-refractivity contribution in [2.45, 2.75) is 12.8 Å². The molecule has 0 saturated carbocycles. The van der Waals surface area contributed by atoms with Crippen LogP contribution in [0.5, 0.6) is 0 Å². The van der Waals surface area contributed by atoms with Crippen molar-refractivity contribution >= 4 is 22.6 Å². The fraction of sp³-hybridized carbons (Fsp3) is 0.312. The lowest BCUT2D eigenvalue weighted by molar-refractivity contribution is -0.128. The van der Waals surface area contributed by atoms with Crippen LogP contribution in [0.25, 0.3) is 10.9 Å². The molecular weight excluding hydrogens is 264 g/mol. The van der Waals surface area contributed by atoms with E-state index in [1.54, 1.807) is 6.07 Å². The molecule has 106 valence electrons. The third kappa shape index (κ3) is 2.79. The molecule has 5 heteroatoms. The number of rotatable bonds is 3. The summed E-state index contributed by atoms with van der Waals surface area (Å²) in [5, 5.41) is 13.1. The lowest BCUT2D eigenvalue weighted by Gasteiger charge is -2.16. The van der Waals surface area contributed by atoms with Crippen molar-refractivity contribution < 1.29 is 4.79 Å². The summed E-state index contributed by atoms with van der Waals surface area (Å²) in [7, 11) is 0. The van der Waals surface area contributed by atoms with Gasteiger partial charge in [-0.15, -0.1) is 0 Å².